The summed E-state index contributed by atoms with van der Waals surface area (Å²) in [6, 6.07) is 4.72. The smallest absolute Gasteiger partial charge is 0.430 e. The van der Waals surface area contributed by atoms with Gasteiger partial charge < -0.3 is 4.74 Å². The van der Waals surface area contributed by atoms with E-state index in [9.17, 15) is 26.3 Å². The van der Waals surface area contributed by atoms with E-state index in [4.69, 9.17) is 0 Å². The summed E-state index contributed by atoms with van der Waals surface area (Å²) < 4.78 is 78.0. The summed E-state index contributed by atoms with van der Waals surface area (Å²) in [5.74, 6) is -0.101. The van der Waals surface area contributed by atoms with Crippen LogP contribution in [0.3, 0.4) is 0 Å². The Kier molecular flexibility index (Phi) is 5.38. The first kappa shape index (κ1) is 16.7. The van der Waals surface area contributed by atoms with Crippen molar-refractivity contribution in [2.75, 3.05) is 5.75 Å². The van der Waals surface area contributed by atoms with Gasteiger partial charge in [0.1, 0.15) is 5.75 Å². The van der Waals surface area contributed by atoms with E-state index in [1.807, 2.05) is 0 Å². The monoisotopic (exact) mass is 316 g/mol. The molecule has 1 aromatic carbocycles. The molecule has 1 aromatic rings. The predicted molar refractivity (Wildman–Crippen MR) is 65.9 cm³/mol. The van der Waals surface area contributed by atoms with Crippen molar-refractivity contribution in [2.24, 2.45) is 0 Å². The average molecular weight is 316 g/mol. The molecule has 0 aliphatic heterocycles. The highest BCUT2D eigenvalue weighted by atomic mass is 32.1. The van der Waals surface area contributed by atoms with Gasteiger partial charge in [0.2, 0.25) is 0 Å². The lowest BCUT2D eigenvalue weighted by Crippen LogP contribution is -2.45. The van der Waals surface area contributed by atoms with Crippen LogP contribution >= 0.6 is 12.6 Å². The Bertz CT molecular complexity index is 454. The fraction of sp³-hybridized carbons (Fsp3) is 0.333. The zero-order valence-corrected chi connectivity index (χ0v) is 10.8. The number of rotatable bonds is 5. The average Bonchev–Trinajstić information content (AvgIpc) is 2.35. The van der Waals surface area contributed by atoms with Gasteiger partial charge in [-0.1, -0.05) is 24.3 Å². The topological polar surface area (TPSA) is 9.23 Å². The zero-order valence-electron chi connectivity index (χ0n) is 9.87. The van der Waals surface area contributed by atoms with E-state index < -0.39 is 24.2 Å². The van der Waals surface area contributed by atoms with E-state index in [1.54, 1.807) is 12.2 Å². The first-order valence-electron chi connectivity index (χ1n) is 5.32. The maximum Gasteiger partial charge on any atom is 0.439 e. The molecule has 0 saturated carbocycles. The molecule has 0 bridgehead atoms. The van der Waals surface area contributed by atoms with E-state index in [-0.39, 0.29) is 0 Å². The largest absolute Gasteiger partial charge is 0.439 e. The molecule has 0 saturated heterocycles. The number of alkyl halides is 6. The number of halogens is 6. The normalized spacial score (nSPS) is 14.6. The molecule has 0 aliphatic carbocycles. The molecule has 20 heavy (non-hydrogen) atoms. The number of ether oxygens (including phenoxy) is 1. The first-order valence-corrected chi connectivity index (χ1v) is 5.95. The number of hydrogen-bond donors (Lipinski definition) is 1. The van der Waals surface area contributed by atoms with Crippen LogP contribution in [0, 0.1) is 0 Å². The zero-order chi connectivity index (χ0) is 15.4. The molecular formula is C12H10F6OS. The molecule has 0 amide bonds. The Morgan fingerprint density at radius 3 is 2.10 bits per heavy atom. The maximum absolute atomic E-state index is 13.0. The lowest BCUT2D eigenvalue weighted by atomic mass is 10.2. The molecule has 1 atom stereocenters. The van der Waals surface area contributed by atoms with Crippen molar-refractivity contribution in [3.63, 3.8) is 0 Å². The molecule has 0 aromatic heterocycles. The van der Waals surface area contributed by atoms with E-state index in [2.05, 4.69) is 17.4 Å². The van der Waals surface area contributed by atoms with Crippen LogP contribution < -0.4 is 4.74 Å². The molecule has 1 rings (SSSR count). The van der Waals surface area contributed by atoms with Gasteiger partial charge in [-0.3, -0.25) is 0 Å². The second-order valence-corrected chi connectivity index (χ2v) is 4.09. The Hall–Kier alpha value is -1.31. The van der Waals surface area contributed by atoms with Gasteiger partial charge in [-0.25, -0.2) is 4.39 Å². The summed E-state index contributed by atoms with van der Waals surface area (Å²) in [6.07, 6.45) is -11.8. The summed E-state index contributed by atoms with van der Waals surface area (Å²) in [6.45, 7) is 0. The minimum absolute atomic E-state index is 0.464. The third-order valence-corrected chi connectivity index (χ3v) is 2.34. The highest BCUT2D eigenvalue weighted by molar-refractivity contribution is 7.80. The van der Waals surface area contributed by atoms with E-state index in [0.29, 0.717) is 11.3 Å². The minimum atomic E-state index is -5.70. The summed E-state index contributed by atoms with van der Waals surface area (Å²) in [5.41, 5.74) is 0.613. The molecule has 8 heteroatoms. The van der Waals surface area contributed by atoms with Crippen molar-refractivity contribution in [2.45, 2.75) is 18.5 Å². The van der Waals surface area contributed by atoms with Gasteiger partial charge in [-0.15, -0.1) is 0 Å². The Morgan fingerprint density at radius 1 is 1.10 bits per heavy atom. The van der Waals surface area contributed by atoms with Crippen LogP contribution in [-0.4, -0.2) is 24.2 Å². The van der Waals surface area contributed by atoms with Crippen LogP contribution in [-0.2, 0) is 0 Å². The third kappa shape index (κ3) is 4.66. The number of benzene rings is 1. The highest BCUT2D eigenvalue weighted by Gasteiger charge is 2.59. The minimum Gasteiger partial charge on any atom is -0.430 e. The summed E-state index contributed by atoms with van der Waals surface area (Å²) >= 11 is 3.92. The van der Waals surface area contributed by atoms with Gasteiger partial charge in [-0.05, 0) is 17.7 Å². The van der Waals surface area contributed by atoms with E-state index in [1.165, 1.54) is 12.1 Å². The van der Waals surface area contributed by atoms with Crippen molar-refractivity contribution < 1.29 is 31.1 Å². The molecule has 1 nitrogen and oxygen atoms in total. The van der Waals surface area contributed by atoms with Crippen molar-refractivity contribution in [1.29, 1.82) is 0 Å². The lowest BCUT2D eigenvalue weighted by Gasteiger charge is -2.23. The van der Waals surface area contributed by atoms with E-state index >= 15 is 0 Å². The van der Waals surface area contributed by atoms with Gasteiger partial charge in [-0.2, -0.15) is 34.6 Å². The lowest BCUT2D eigenvalue weighted by molar-refractivity contribution is -0.304. The van der Waals surface area contributed by atoms with Crippen molar-refractivity contribution >= 4 is 18.7 Å². The molecule has 0 heterocycles. The molecule has 0 radical (unpaired) electrons. The van der Waals surface area contributed by atoms with Crippen LogP contribution in [0.1, 0.15) is 5.56 Å². The van der Waals surface area contributed by atoms with Gasteiger partial charge in [0.25, 0.3) is 6.17 Å². The van der Waals surface area contributed by atoms with Crippen molar-refractivity contribution in [3.8, 4) is 5.75 Å². The standard InChI is InChI=1S/C12H10F6OS/c13-10(11(14,15)16)12(17,18)19-9-5-3-8(4-6-9)2-1-7-20/h1-6,10,20H,7H2/t10-/m1/s1. The van der Waals surface area contributed by atoms with Crippen LogP contribution in [0.15, 0.2) is 30.3 Å². The fourth-order valence-electron chi connectivity index (χ4n) is 1.24. The Labute approximate surface area is 116 Å². The fourth-order valence-corrected chi connectivity index (χ4v) is 1.34. The van der Waals surface area contributed by atoms with Gasteiger partial charge >= 0.3 is 12.3 Å². The van der Waals surface area contributed by atoms with Crippen LogP contribution in [0.2, 0.25) is 0 Å². The molecule has 0 spiro atoms. The highest BCUT2D eigenvalue weighted by Crippen LogP contribution is 2.36. The SMILES string of the molecule is F[C@H](C(F)(F)F)C(F)(F)Oc1ccc(C=CCS)cc1. The molecule has 0 aliphatic rings. The summed E-state index contributed by atoms with van der Waals surface area (Å²) in [7, 11) is 0. The molecule has 0 N–H and O–H groups in total. The summed E-state index contributed by atoms with van der Waals surface area (Å²) in [5, 5.41) is 0. The molecule has 112 valence electrons. The maximum atomic E-state index is 13.0. The van der Waals surface area contributed by atoms with Crippen molar-refractivity contribution in [1.82, 2.24) is 0 Å². The Balaban J connectivity index is 2.80. The second kappa shape index (κ2) is 6.43. The third-order valence-electron chi connectivity index (χ3n) is 2.13. The van der Waals surface area contributed by atoms with Gasteiger partial charge in [0, 0.05) is 5.75 Å². The van der Waals surface area contributed by atoms with Gasteiger partial charge in [0.05, 0.1) is 0 Å². The molecule has 0 fully saturated rings. The summed E-state index contributed by atoms with van der Waals surface area (Å²) in [4.78, 5) is 0. The predicted octanol–water partition coefficient (Wildman–Crippen LogP) is 4.50. The first-order chi connectivity index (χ1) is 9.16. The van der Waals surface area contributed by atoms with Crippen LogP contribution in [0.25, 0.3) is 6.08 Å². The van der Waals surface area contributed by atoms with Crippen LogP contribution in [0.5, 0.6) is 5.75 Å². The Morgan fingerprint density at radius 2 is 1.65 bits per heavy atom. The second-order valence-electron chi connectivity index (χ2n) is 3.72. The van der Waals surface area contributed by atoms with Crippen LogP contribution in [0.4, 0.5) is 26.3 Å². The van der Waals surface area contributed by atoms with Crippen molar-refractivity contribution in [3.05, 3.63) is 35.9 Å². The number of thiol groups is 1. The molecular weight excluding hydrogens is 306 g/mol. The van der Waals surface area contributed by atoms with Gasteiger partial charge in [0.15, 0.2) is 0 Å². The van der Waals surface area contributed by atoms with E-state index in [0.717, 1.165) is 12.1 Å². The quantitative estimate of drug-likeness (QED) is 0.621. The molecule has 0 unspecified atom stereocenters. The number of hydrogen-bond acceptors (Lipinski definition) is 2.